The lowest BCUT2D eigenvalue weighted by molar-refractivity contribution is -0.139. The van der Waals surface area contributed by atoms with E-state index in [1.54, 1.807) is 12.1 Å². The van der Waals surface area contributed by atoms with Crippen molar-refractivity contribution >= 4 is 5.97 Å². The zero-order valence-electron chi connectivity index (χ0n) is 9.44. The van der Waals surface area contributed by atoms with Gasteiger partial charge in [-0.25, -0.2) is 0 Å². The van der Waals surface area contributed by atoms with E-state index in [9.17, 15) is 4.79 Å². The van der Waals surface area contributed by atoms with E-state index in [1.807, 2.05) is 25.1 Å². The molecule has 1 atom stereocenters. The minimum Gasteiger partial charge on any atom is -0.480 e. The zero-order valence-corrected chi connectivity index (χ0v) is 9.44. The average Bonchev–Trinajstić information content (AvgIpc) is 2.30. The molecule has 3 heteroatoms. The van der Waals surface area contributed by atoms with Gasteiger partial charge in [-0.15, -0.1) is 0 Å². The maximum Gasteiger partial charge on any atom is 0.325 e. The van der Waals surface area contributed by atoms with Crippen LogP contribution in [0.4, 0.5) is 0 Å². The second kappa shape index (κ2) is 6.08. The molecule has 0 heterocycles. The summed E-state index contributed by atoms with van der Waals surface area (Å²) in [5, 5.41) is 12.1. The molecule has 1 unspecified atom stereocenters. The predicted molar refractivity (Wildman–Crippen MR) is 64.3 cm³/mol. The van der Waals surface area contributed by atoms with Crippen molar-refractivity contribution < 1.29 is 9.90 Å². The fourth-order valence-electron chi connectivity index (χ4n) is 1.36. The van der Waals surface area contributed by atoms with E-state index >= 15 is 0 Å². The monoisotopic (exact) mass is 219 g/mol. The number of nitrogens with one attached hydrogen (secondary N) is 1. The van der Waals surface area contributed by atoms with Crippen molar-refractivity contribution in [2.75, 3.05) is 6.54 Å². The van der Waals surface area contributed by atoms with E-state index < -0.39 is 12.0 Å². The quantitative estimate of drug-likeness (QED) is 0.722. The molecular formula is C13H17NO2. The standard InChI is InChI=1S/C13H17NO2/c1-3-10(2)9-14-12(13(15)16)11-7-5-4-6-8-11/h4-8,12,14H,2-3,9H2,1H3,(H,15,16). The summed E-state index contributed by atoms with van der Waals surface area (Å²) in [5.74, 6) is -0.866. The Morgan fingerprint density at radius 2 is 2.06 bits per heavy atom. The lowest BCUT2D eigenvalue weighted by atomic mass is 10.1. The van der Waals surface area contributed by atoms with Gasteiger partial charge in [-0.2, -0.15) is 0 Å². The number of hydrogen-bond donors (Lipinski definition) is 2. The van der Waals surface area contributed by atoms with Crippen LogP contribution in [0.2, 0.25) is 0 Å². The molecule has 0 aliphatic carbocycles. The number of carboxylic acids is 1. The zero-order chi connectivity index (χ0) is 12.0. The van der Waals surface area contributed by atoms with Gasteiger partial charge >= 0.3 is 5.97 Å². The maximum absolute atomic E-state index is 11.1. The van der Waals surface area contributed by atoms with Crippen molar-refractivity contribution in [3.63, 3.8) is 0 Å². The van der Waals surface area contributed by atoms with E-state index in [0.717, 1.165) is 17.6 Å². The Morgan fingerprint density at radius 3 is 2.56 bits per heavy atom. The van der Waals surface area contributed by atoms with Crippen LogP contribution in [-0.4, -0.2) is 17.6 Å². The van der Waals surface area contributed by atoms with Crippen LogP contribution in [0, 0.1) is 0 Å². The van der Waals surface area contributed by atoms with Crippen molar-refractivity contribution in [3.05, 3.63) is 48.0 Å². The molecule has 0 aliphatic rings. The maximum atomic E-state index is 11.1. The molecule has 1 rings (SSSR count). The number of carboxylic acid groups (broad SMARTS) is 1. The molecule has 0 saturated heterocycles. The number of carbonyl (C=O) groups is 1. The number of rotatable bonds is 6. The second-order valence-electron chi connectivity index (χ2n) is 3.67. The van der Waals surface area contributed by atoms with Gasteiger partial charge in [0.2, 0.25) is 0 Å². The third-order valence-corrected chi connectivity index (χ3v) is 2.44. The topological polar surface area (TPSA) is 49.3 Å². The normalized spacial score (nSPS) is 12.1. The van der Waals surface area contributed by atoms with Crippen LogP contribution in [0.25, 0.3) is 0 Å². The van der Waals surface area contributed by atoms with Crippen LogP contribution < -0.4 is 5.32 Å². The molecule has 86 valence electrons. The highest BCUT2D eigenvalue weighted by molar-refractivity contribution is 5.75. The molecule has 1 aromatic carbocycles. The van der Waals surface area contributed by atoms with E-state index in [2.05, 4.69) is 11.9 Å². The van der Waals surface area contributed by atoms with Gasteiger partial charge in [0.05, 0.1) is 0 Å². The summed E-state index contributed by atoms with van der Waals surface area (Å²) in [6, 6.07) is 8.49. The summed E-state index contributed by atoms with van der Waals surface area (Å²) in [6.07, 6.45) is 0.855. The van der Waals surface area contributed by atoms with Crippen LogP contribution in [0.5, 0.6) is 0 Å². The largest absolute Gasteiger partial charge is 0.480 e. The summed E-state index contributed by atoms with van der Waals surface area (Å²) >= 11 is 0. The van der Waals surface area contributed by atoms with Crippen molar-refractivity contribution in [2.45, 2.75) is 19.4 Å². The van der Waals surface area contributed by atoms with Crippen molar-refractivity contribution in [1.29, 1.82) is 0 Å². The first-order valence-corrected chi connectivity index (χ1v) is 5.33. The van der Waals surface area contributed by atoms with Crippen molar-refractivity contribution in [1.82, 2.24) is 5.32 Å². The lowest BCUT2D eigenvalue weighted by Crippen LogP contribution is -2.29. The van der Waals surface area contributed by atoms with E-state index in [-0.39, 0.29) is 0 Å². The molecular weight excluding hydrogens is 202 g/mol. The molecule has 0 bridgehead atoms. The molecule has 0 saturated carbocycles. The van der Waals surface area contributed by atoms with Gasteiger partial charge in [0.1, 0.15) is 6.04 Å². The average molecular weight is 219 g/mol. The van der Waals surface area contributed by atoms with Gasteiger partial charge in [0.15, 0.2) is 0 Å². The number of aliphatic carboxylic acids is 1. The summed E-state index contributed by atoms with van der Waals surface area (Å²) < 4.78 is 0. The minimum atomic E-state index is -0.866. The second-order valence-corrected chi connectivity index (χ2v) is 3.67. The van der Waals surface area contributed by atoms with Crippen molar-refractivity contribution in [3.8, 4) is 0 Å². The Labute approximate surface area is 95.8 Å². The Kier molecular flexibility index (Phi) is 4.73. The lowest BCUT2D eigenvalue weighted by Gasteiger charge is -2.15. The van der Waals surface area contributed by atoms with Crippen LogP contribution in [-0.2, 0) is 4.79 Å². The van der Waals surface area contributed by atoms with Crippen LogP contribution in [0.1, 0.15) is 24.9 Å². The summed E-state index contributed by atoms with van der Waals surface area (Å²) in [4.78, 5) is 11.1. The molecule has 0 aromatic heterocycles. The van der Waals surface area contributed by atoms with Crippen molar-refractivity contribution in [2.24, 2.45) is 0 Å². The highest BCUT2D eigenvalue weighted by atomic mass is 16.4. The summed E-state index contributed by atoms with van der Waals surface area (Å²) in [5.41, 5.74) is 1.76. The van der Waals surface area contributed by atoms with Gasteiger partial charge in [0.25, 0.3) is 0 Å². The molecule has 16 heavy (non-hydrogen) atoms. The van der Waals surface area contributed by atoms with E-state index in [0.29, 0.717) is 6.54 Å². The molecule has 0 amide bonds. The van der Waals surface area contributed by atoms with Crippen LogP contribution in [0.15, 0.2) is 42.5 Å². The van der Waals surface area contributed by atoms with Gasteiger partial charge in [0, 0.05) is 6.54 Å². The minimum absolute atomic E-state index is 0.530. The highest BCUT2D eigenvalue weighted by Gasteiger charge is 2.18. The smallest absolute Gasteiger partial charge is 0.325 e. The van der Waals surface area contributed by atoms with E-state index in [1.165, 1.54) is 0 Å². The van der Waals surface area contributed by atoms with Gasteiger partial charge in [-0.1, -0.05) is 49.4 Å². The Hall–Kier alpha value is -1.61. The summed E-state index contributed by atoms with van der Waals surface area (Å²) in [6.45, 7) is 6.38. The number of benzene rings is 1. The molecule has 0 spiro atoms. The van der Waals surface area contributed by atoms with E-state index in [4.69, 9.17) is 5.11 Å². The Bertz CT molecular complexity index is 359. The molecule has 0 fully saturated rings. The first-order chi connectivity index (χ1) is 7.65. The van der Waals surface area contributed by atoms with Gasteiger partial charge < -0.3 is 5.11 Å². The van der Waals surface area contributed by atoms with Crippen LogP contribution >= 0.6 is 0 Å². The molecule has 0 aliphatic heterocycles. The SMILES string of the molecule is C=C(CC)CNC(C(=O)O)c1ccccc1. The fourth-order valence-corrected chi connectivity index (χ4v) is 1.36. The third-order valence-electron chi connectivity index (χ3n) is 2.44. The summed E-state index contributed by atoms with van der Waals surface area (Å²) in [7, 11) is 0. The first-order valence-electron chi connectivity index (χ1n) is 5.33. The number of hydrogen-bond acceptors (Lipinski definition) is 2. The molecule has 0 radical (unpaired) electrons. The van der Waals surface area contributed by atoms with Gasteiger partial charge in [-0.3, -0.25) is 10.1 Å². The third kappa shape index (κ3) is 3.51. The van der Waals surface area contributed by atoms with Gasteiger partial charge in [-0.05, 0) is 12.0 Å². The fraction of sp³-hybridized carbons (Fsp3) is 0.308. The Balaban J connectivity index is 2.69. The first kappa shape index (κ1) is 12.5. The molecule has 2 N–H and O–H groups in total. The Morgan fingerprint density at radius 1 is 1.44 bits per heavy atom. The molecule has 3 nitrogen and oxygen atoms in total. The van der Waals surface area contributed by atoms with Crippen LogP contribution in [0.3, 0.4) is 0 Å². The predicted octanol–water partition coefficient (Wildman–Crippen LogP) is 2.37. The highest BCUT2D eigenvalue weighted by Crippen LogP contribution is 2.13. The molecule has 1 aromatic rings.